The van der Waals surface area contributed by atoms with E-state index in [4.69, 9.17) is 0 Å². The van der Waals surface area contributed by atoms with Crippen LogP contribution in [0.1, 0.15) is 24.6 Å². The van der Waals surface area contributed by atoms with E-state index in [1.165, 1.54) is 13.0 Å². The SMILES string of the molecule is CC(=O)Nc1cc(-c2[nH]c3c(CN4CCN(C)CC4)ccnc3c2-c2cccc(C(F)F)n2)ccn1. The molecule has 0 atom stereocenters. The third kappa shape index (κ3) is 4.95. The molecule has 36 heavy (non-hydrogen) atoms. The molecule has 0 aromatic carbocycles. The number of rotatable bonds is 6. The van der Waals surface area contributed by atoms with Gasteiger partial charge in [-0.25, -0.2) is 18.7 Å². The fourth-order valence-corrected chi connectivity index (χ4v) is 4.53. The van der Waals surface area contributed by atoms with E-state index in [-0.39, 0.29) is 11.6 Å². The van der Waals surface area contributed by atoms with Gasteiger partial charge >= 0.3 is 0 Å². The van der Waals surface area contributed by atoms with Gasteiger partial charge < -0.3 is 15.2 Å². The van der Waals surface area contributed by atoms with Gasteiger partial charge in [-0.05, 0) is 42.9 Å². The zero-order valence-corrected chi connectivity index (χ0v) is 20.1. The summed E-state index contributed by atoms with van der Waals surface area (Å²) in [5, 5.41) is 2.70. The highest BCUT2D eigenvalue weighted by Crippen LogP contribution is 2.38. The molecule has 1 amide bonds. The number of carbonyl (C=O) groups is 1. The Morgan fingerprint density at radius 3 is 2.64 bits per heavy atom. The van der Waals surface area contributed by atoms with Crippen molar-refractivity contribution in [3.8, 4) is 22.5 Å². The highest BCUT2D eigenvalue weighted by Gasteiger charge is 2.22. The number of nitrogens with zero attached hydrogens (tertiary/aromatic N) is 5. The quantitative estimate of drug-likeness (QED) is 0.417. The summed E-state index contributed by atoms with van der Waals surface area (Å²) in [7, 11) is 2.12. The van der Waals surface area contributed by atoms with Gasteiger partial charge in [0.15, 0.2) is 0 Å². The predicted octanol–water partition coefficient (Wildman–Crippen LogP) is 4.33. The first-order valence-electron chi connectivity index (χ1n) is 11.8. The maximum atomic E-state index is 13.5. The minimum atomic E-state index is -2.69. The summed E-state index contributed by atoms with van der Waals surface area (Å²) in [6.07, 6.45) is 0.658. The average molecular weight is 492 g/mol. The summed E-state index contributed by atoms with van der Waals surface area (Å²) in [6.45, 7) is 6.08. The van der Waals surface area contributed by atoms with Gasteiger partial charge in [0, 0.05) is 57.6 Å². The van der Waals surface area contributed by atoms with E-state index in [9.17, 15) is 13.6 Å². The number of carbonyl (C=O) groups excluding carboxylic acids is 1. The summed E-state index contributed by atoms with van der Waals surface area (Å²) >= 11 is 0. The summed E-state index contributed by atoms with van der Waals surface area (Å²) in [5.74, 6) is 0.156. The smallest absolute Gasteiger partial charge is 0.280 e. The van der Waals surface area contributed by atoms with Crippen molar-refractivity contribution in [1.29, 1.82) is 0 Å². The molecule has 0 bridgehead atoms. The molecule has 0 spiro atoms. The van der Waals surface area contributed by atoms with Crippen LogP contribution in [0.2, 0.25) is 0 Å². The summed E-state index contributed by atoms with van der Waals surface area (Å²) < 4.78 is 27.0. The molecule has 1 aliphatic rings. The van der Waals surface area contributed by atoms with Crippen molar-refractivity contribution in [3.63, 3.8) is 0 Å². The van der Waals surface area contributed by atoms with Crippen molar-refractivity contribution >= 4 is 22.8 Å². The molecule has 1 fully saturated rings. The van der Waals surface area contributed by atoms with E-state index in [0.29, 0.717) is 28.3 Å². The number of hydrogen-bond acceptors (Lipinski definition) is 6. The number of alkyl halides is 2. The molecule has 4 aromatic rings. The first kappa shape index (κ1) is 24.0. The Labute approximate surface area is 207 Å². The van der Waals surface area contributed by atoms with Gasteiger partial charge in [0.05, 0.1) is 28.0 Å². The van der Waals surface area contributed by atoms with Crippen LogP contribution < -0.4 is 5.32 Å². The summed E-state index contributed by atoms with van der Waals surface area (Å²) in [5.41, 5.74) is 4.71. The van der Waals surface area contributed by atoms with Gasteiger partial charge in [-0.15, -0.1) is 0 Å². The zero-order valence-electron chi connectivity index (χ0n) is 20.1. The number of halogens is 2. The Morgan fingerprint density at radius 1 is 1.11 bits per heavy atom. The number of amides is 1. The van der Waals surface area contributed by atoms with Crippen LogP contribution >= 0.6 is 0 Å². The number of piperazine rings is 1. The Hall–Kier alpha value is -3.76. The average Bonchev–Trinajstić information content (AvgIpc) is 3.26. The standard InChI is InChI=1S/C26H27F2N7O/c1-16(36)31-21-14-17(6-8-29-21)23-22(19-4-3-5-20(32-19)26(27)28)25-24(33-23)18(7-9-30-25)15-35-12-10-34(2)11-13-35/h3-9,14,26,33H,10-13,15H2,1-2H3,(H,29,31,36). The van der Waals surface area contributed by atoms with Gasteiger partial charge in [0.2, 0.25) is 5.91 Å². The van der Waals surface area contributed by atoms with Crippen molar-refractivity contribution in [2.24, 2.45) is 0 Å². The number of nitrogens with one attached hydrogen (secondary N) is 2. The van der Waals surface area contributed by atoms with E-state index in [2.05, 4.69) is 42.1 Å². The molecule has 1 saturated heterocycles. The number of aromatic amines is 1. The van der Waals surface area contributed by atoms with Crippen LogP contribution in [0.15, 0.2) is 48.8 Å². The van der Waals surface area contributed by atoms with Gasteiger partial charge in [-0.2, -0.15) is 0 Å². The second kappa shape index (κ2) is 10.1. The summed E-state index contributed by atoms with van der Waals surface area (Å²) in [4.78, 5) is 32.9. The summed E-state index contributed by atoms with van der Waals surface area (Å²) in [6, 6.07) is 10.1. The van der Waals surface area contributed by atoms with Crippen LogP contribution in [0.5, 0.6) is 0 Å². The number of likely N-dealkylation sites (N-methyl/N-ethyl adjacent to an activating group) is 1. The number of pyridine rings is 3. The lowest BCUT2D eigenvalue weighted by molar-refractivity contribution is -0.114. The second-order valence-electron chi connectivity index (χ2n) is 9.01. The van der Waals surface area contributed by atoms with Crippen LogP contribution in [0, 0.1) is 0 Å². The maximum Gasteiger partial charge on any atom is 0.280 e. The monoisotopic (exact) mass is 491 g/mol. The highest BCUT2D eigenvalue weighted by atomic mass is 19.3. The van der Waals surface area contributed by atoms with Crippen molar-refractivity contribution in [1.82, 2.24) is 29.7 Å². The third-order valence-electron chi connectivity index (χ3n) is 6.37. The zero-order chi connectivity index (χ0) is 25.2. The molecule has 186 valence electrons. The normalized spacial score (nSPS) is 15.0. The van der Waals surface area contributed by atoms with Gasteiger partial charge in [-0.3, -0.25) is 14.7 Å². The van der Waals surface area contributed by atoms with E-state index in [0.717, 1.165) is 49.4 Å². The largest absolute Gasteiger partial charge is 0.352 e. The van der Waals surface area contributed by atoms with Crippen LogP contribution in [-0.2, 0) is 11.3 Å². The van der Waals surface area contributed by atoms with Gasteiger partial charge in [0.1, 0.15) is 11.5 Å². The number of anilines is 1. The maximum absolute atomic E-state index is 13.5. The molecule has 5 heterocycles. The molecule has 2 N–H and O–H groups in total. The van der Waals surface area contributed by atoms with E-state index < -0.39 is 6.43 Å². The molecule has 5 rings (SSSR count). The minimum Gasteiger partial charge on any atom is -0.352 e. The van der Waals surface area contributed by atoms with Crippen LogP contribution in [0.3, 0.4) is 0 Å². The van der Waals surface area contributed by atoms with E-state index in [1.54, 1.807) is 36.7 Å². The molecule has 4 aromatic heterocycles. The Kier molecular flexibility index (Phi) is 6.71. The molecule has 1 aliphatic heterocycles. The topological polar surface area (TPSA) is 90.0 Å². The van der Waals surface area contributed by atoms with Crippen molar-refractivity contribution in [2.75, 3.05) is 38.5 Å². The van der Waals surface area contributed by atoms with E-state index >= 15 is 0 Å². The van der Waals surface area contributed by atoms with E-state index in [1.807, 2.05) is 6.07 Å². The van der Waals surface area contributed by atoms with Crippen molar-refractivity contribution in [3.05, 3.63) is 60.0 Å². The molecule has 0 unspecified atom stereocenters. The fraction of sp³-hybridized carbons (Fsp3) is 0.308. The Bertz CT molecular complexity index is 1400. The van der Waals surface area contributed by atoms with Crippen LogP contribution in [0.25, 0.3) is 33.5 Å². The molecular formula is C26H27F2N7O. The van der Waals surface area contributed by atoms with Gasteiger partial charge in [-0.1, -0.05) is 6.07 Å². The number of aromatic nitrogens is 4. The Balaban J connectivity index is 1.66. The lowest BCUT2D eigenvalue weighted by Gasteiger charge is -2.32. The van der Waals surface area contributed by atoms with Crippen LogP contribution in [-0.4, -0.2) is 68.9 Å². The predicted molar refractivity (Wildman–Crippen MR) is 135 cm³/mol. The Morgan fingerprint density at radius 2 is 1.89 bits per heavy atom. The van der Waals surface area contributed by atoms with Gasteiger partial charge in [0.25, 0.3) is 6.43 Å². The molecule has 0 radical (unpaired) electrons. The third-order valence-corrected chi connectivity index (χ3v) is 6.37. The number of fused-ring (bicyclic) bond motifs is 1. The minimum absolute atomic E-state index is 0.237. The molecular weight excluding hydrogens is 464 g/mol. The first-order chi connectivity index (χ1) is 17.4. The lowest BCUT2D eigenvalue weighted by Crippen LogP contribution is -2.43. The van der Waals surface area contributed by atoms with Crippen LogP contribution in [0.4, 0.5) is 14.6 Å². The fourth-order valence-electron chi connectivity index (χ4n) is 4.53. The first-order valence-corrected chi connectivity index (χ1v) is 11.8. The number of hydrogen-bond donors (Lipinski definition) is 2. The van der Waals surface area contributed by atoms with Crippen molar-refractivity contribution < 1.29 is 13.6 Å². The second-order valence-corrected chi connectivity index (χ2v) is 9.01. The molecule has 10 heteroatoms. The number of H-pyrrole nitrogens is 1. The molecule has 0 saturated carbocycles. The highest BCUT2D eigenvalue weighted by molar-refractivity contribution is 6.02. The lowest BCUT2D eigenvalue weighted by atomic mass is 10.0. The molecule has 0 aliphatic carbocycles. The molecule has 8 nitrogen and oxygen atoms in total. The van der Waals surface area contributed by atoms with Crippen molar-refractivity contribution in [2.45, 2.75) is 19.9 Å².